The average molecular weight is 311 g/mol. The first-order chi connectivity index (χ1) is 9.59. The SMILES string of the molecule is CCC(CC)(Cn1c(CCl)nc2cc(C)ccc21)SC. The van der Waals surface area contributed by atoms with E-state index in [-0.39, 0.29) is 4.75 Å². The van der Waals surface area contributed by atoms with Crippen molar-refractivity contribution in [2.75, 3.05) is 6.26 Å². The number of rotatable bonds is 6. The van der Waals surface area contributed by atoms with E-state index >= 15 is 0 Å². The van der Waals surface area contributed by atoms with Gasteiger partial charge in [-0.1, -0.05) is 19.9 Å². The molecule has 1 heterocycles. The summed E-state index contributed by atoms with van der Waals surface area (Å²) in [5, 5.41) is 0. The summed E-state index contributed by atoms with van der Waals surface area (Å²) in [5.74, 6) is 1.44. The Morgan fingerprint density at radius 2 is 2.00 bits per heavy atom. The van der Waals surface area contributed by atoms with Crippen molar-refractivity contribution in [2.24, 2.45) is 0 Å². The van der Waals surface area contributed by atoms with Crippen molar-refractivity contribution in [2.45, 2.75) is 50.8 Å². The molecule has 1 aromatic carbocycles. The third kappa shape index (κ3) is 2.84. The number of benzene rings is 1. The molecule has 0 unspecified atom stereocenters. The Hall–Kier alpha value is -0.670. The first-order valence-electron chi connectivity index (χ1n) is 7.16. The fourth-order valence-electron chi connectivity index (χ4n) is 2.68. The van der Waals surface area contributed by atoms with E-state index in [1.807, 2.05) is 11.8 Å². The van der Waals surface area contributed by atoms with Gasteiger partial charge >= 0.3 is 0 Å². The van der Waals surface area contributed by atoms with Gasteiger partial charge in [0.25, 0.3) is 0 Å². The van der Waals surface area contributed by atoms with Gasteiger partial charge in [0.1, 0.15) is 5.82 Å². The van der Waals surface area contributed by atoms with E-state index in [1.54, 1.807) is 0 Å². The van der Waals surface area contributed by atoms with Crippen LogP contribution in [0.1, 0.15) is 38.1 Å². The molecular formula is C16H23ClN2S. The molecule has 0 bridgehead atoms. The predicted octanol–water partition coefficient (Wildman–Crippen LogP) is 5.01. The molecule has 0 amide bonds. The summed E-state index contributed by atoms with van der Waals surface area (Å²) >= 11 is 8.07. The van der Waals surface area contributed by atoms with Gasteiger partial charge in [0.15, 0.2) is 0 Å². The molecule has 0 spiro atoms. The fraction of sp³-hybridized carbons (Fsp3) is 0.562. The van der Waals surface area contributed by atoms with Crippen LogP contribution in [0.2, 0.25) is 0 Å². The van der Waals surface area contributed by atoms with Gasteiger partial charge in [-0.05, 0) is 43.7 Å². The van der Waals surface area contributed by atoms with Crippen molar-refractivity contribution < 1.29 is 0 Å². The van der Waals surface area contributed by atoms with Crippen molar-refractivity contribution >= 4 is 34.4 Å². The van der Waals surface area contributed by atoms with Crippen molar-refractivity contribution in [3.63, 3.8) is 0 Å². The highest BCUT2D eigenvalue weighted by atomic mass is 35.5. The summed E-state index contributed by atoms with van der Waals surface area (Å²) in [6, 6.07) is 6.46. The van der Waals surface area contributed by atoms with Gasteiger partial charge in [-0.3, -0.25) is 0 Å². The zero-order chi connectivity index (χ0) is 14.8. The molecule has 0 radical (unpaired) electrons. The van der Waals surface area contributed by atoms with Crippen LogP contribution >= 0.6 is 23.4 Å². The van der Waals surface area contributed by atoms with Crippen molar-refractivity contribution in [1.82, 2.24) is 9.55 Å². The number of alkyl halides is 1. The number of thioether (sulfide) groups is 1. The lowest BCUT2D eigenvalue weighted by Gasteiger charge is -2.31. The van der Waals surface area contributed by atoms with Gasteiger partial charge in [-0.2, -0.15) is 11.8 Å². The van der Waals surface area contributed by atoms with Crippen LogP contribution in [0.4, 0.5) is 0 Å². The summed E-state index contributed by atoms with van der Waals surface area (Å²) in [6.45, 7) is 7.61. The first-order valence-corrected chi connectivity index (χ1v) is 8.92. The van der Waals surface area contributed by atoms with Crippen LogP contribution in [0, 0.1) is 6.92 Å². The Kier molecular flexibility index (Phi) is 5.03. The number of fused-ring (bicyclic) bond motifs is 1. The number of hydrogen-bond acceptors (Lipinski definition) is 2. The fourth-order valence-corrected chi connectivity index (χ4v) is 3.72. The van der Waals surface area contributed by atoms with Crippen molar-refractivity contribution in [3.05, 3.63) is 29.6 Å². The normalized spacial score (nSPS) is 12.2. The van der Waals surface area contributed by atoms with Crippen molar-refractivity contribution in [3.8, 4) is 0 Å². The van der Waals surface area contributed by atoms with Gasteiger partial charge < -0.3 is 4.57 Å². The van der Waals surface area contributed by atoms with E-state index in [4.69, 9.17) is 16.6 Å². The maximum absolute atomic E-state index is 6.11. The maximum atomic E-state index is 6.11. The molecule has 0 aliphatic rings. The first kappa shape index (κ1) is 15.7. The van der Waals surface area contributed by atoms with Crippen LogP contribution in [0.5, 0.6) is 0 Å². The second-order valence-corrected chi connectivity index (χ2v) is 6.88. The Labute approximate surface area is 130 Å². The molecule has 0 saturated heterocycles. The quantitative estimate of drug-likeness (QED) is 0.698. The monoisotopic (exact) mass is 310 g/mol. The standard InChI is InChI=1S/C16H23ClN2S/c1-5-16(6-2,20-4)11-19-14-8-7-12(3)9-13(14)18-15(19)10-17/h7-9H,5-6,10-11H2,1-4H3. The molecule has 0 saturated carbocycles. The lowest BCUT2D eigenvalue weighted by Crippen LogP contribution is -2.29. The molecule has 110 valence electrons. The van der Waals surface area contributed by atoms with Crippen LogP contribution in [-0.4, -0.2) is 20.6 Å². The minimum Gasteiger partial charge on any atom is -0.326 e. The second-order valence-electron chi connectivity index (χ2n) is 5.33. The third-order valence-corrected chi connectivity index (χ3v) is 6.08. The van der Waals surface area contributed by atoms with Gasteiger partial charge in [0.05, 0.1) is 16.9 Å². The summed E-state index contributed by atoms with van der Waals surface area (Å²) in [7, 11) is 0. The molecule has 2 aromatic rings. The van der Waals surface area contributed by atoms with E-state index in [1.165, 1.54) is 11.1 Å². The van der Waals surface area contributed by atoms with Gasteiger partial charge in [0, 0.05) is 11.3 Å². The van der Waals surface area contributed by atoms with E-state index < -0.39 is 0 Å². The molecule has 2 nitrogen and oxygen atoms in total. The number of aryl methyl sites for hydroxylation is 1. The van der Waals surface area contributed by atoms with Gasteiger partial charge in [-0.25, -0.2) is 4.98 Å². The minimum absolute atomic E-state index is 0.263. The lowest BCUT2D eigenvalue weighted by atomic mass is 10.0. The highest BCUT2D eigenvalue weighted by molar-refractivity contribution is 8.00. The number of nitrogens with zero attached hydrogens (tertiary/aromatic N) is 2. The summed E-state index contributed by atoms with van der Waals surface area (Å²) in [5.41, 5.74) is 3.50. The largest absolute Gasteiger partial charge is 0.326 e. The van der Waals surface area contributed by atoms with Crippen LogP contribution in [0.3, 0.4) is 0 Å². The van der Waals surface area contributed by atoms with E-state index in [0.29, 0.717) is 5.88 Å². The molecule has 2 rings (SSSR count). The molecule has 0 fully saturated rings. The summed E-state index contributed by atoms with van der Waals surface area (Å²) in [6.07, 6.45) is 4.51. The van der Waals surface area contributed by atoms with E-state index in [2.05, 4.69) is 49.8 Å². The number of hydrogen-bond donors (Lipinski definition) is 0. The lowest BCUT2D eigenvalue weighted by molar-refractivity contribution is 0.466. The molecule has 0 N–H and O–H groups in total. The second kappa shape index (κ2) is 6.40. The Morgan fingerprint density at radius 1 is 1.30 bits per heavy atom. The molecule has 0 aliphatic heterocycles. The average Bonchev–Trinajstić information content (AvgIpc) is 2.81. The molecule has 1 aromatic heterocycles. The van der Waals surface area contributed by atoms with Crippen LogP contribution in [0.25, 0.3) is 11.0 Å². The van der Waals surface area contributed by atoms with E-state index in [0.717, 1.165) is 30.7 Å². The third-order valence-electron chi connectivity index (χ3n) is 4.27. The van der Waals surface area contributed by atoms with Crippen molar-refractivity contribution in [1.29, 1.82) is 0 Å². The van der Waals surface area contributed by atoms with E-state index in [9.17, 15) is 0 Å². The van der Waals surface area contributed by atoms with Crippen LogP contribution in [0.15, 0.2) is 18.2 Å². The highest BCUT2D eigenvalue weighted by Gasteiger charge is 2.27. The predicted molar refractivity (Wildman–Crippen MR) is 90.9 cm³/mol. The Bertz CT molecular complexity index is 579. The van der Waals surface area contributed by atoms with Crippen LogP contribution < -0.4 is 0 Å². The molecule has 20 heavy (non-hydrogen) atoms. The molecule has 0 atom stereocenters. The summed E-state index contributed by atoms with van der Waals surface area (Å²) < 4.78 is 2.57. The molecule has 4 heteroatoms. The number of halogens is 1. The topological polar surface area (TPSA) is 17.8 Å². The minimum atomic E-state index is 0.263. The zero-order valence-corrected chi connectivity index (χ0v) is 14.3. The number of aromatic nitrogens is 2. The number of imidazole rings is 1. The van der Waals surface area contributed by atoms with Gasteiger partial charge in [0.2, 0.25) is 0 Å². The van der Waals surface area contributed by atoms with Gasteiger partial charge in [-0.15, -0.1) is 11.6 Å². The Morgan fingerprint density at radius 3 is 2.55 bits per heavy atom. The summed E-state index contributed by atoms with van der Waals surface area (Å²) in [4.78, 5) is 4.70. The highest BCUT2D eigenvalue weighted by Crippen LogP contribution is 2.34. The zero-order valence-electron chi connectivity index (χ0n) is 12.7. The van der Waals surface area contributed by atoms with Crippen LogP contribution in [-0.2, 0) is 12.4 Å². The molecule has 0 aliphatic carbocycles. The Balaban J connectivity index is 2.52. The smallest absolute Gasteiger partial charge is 0.124 e. The molecular weight excluding hydrogens is 288 g/mol. The maximum Gasteiger partial charge on any atom is 0.124 e.